The van der Waals surface area contributed by atoms with Crippen LogP contribution >= 0.6 is 0 Å². The molecule has 128 valence electrons. The zero-order chi connectivity index (χ0) is 17.6. The van der Waals surface area contributed by atoms with Crippen LogP contribution in [0.25, 0.3) is 0 Å². The van der Waals surface area contributed by atoms with Gasteiger partial charge in [-0.3, -0.25) is 0 Å². The van der Waals surface area contributed by atoms with Crippen LogP contribution in [0.1, 0.15) is 0 Å². The highest BCUT2D eigenvalue weighted by atomic mass is 16.5. The van der Waals surface area contributed by atoms with Gasteiger partial charge in [-0.25, -0.2) is 0 Å². The molecule has 0 aliphatic rings. The number of rotatable bonds is 6. The van der Waals surface area contributed by atoms with Crippen molar-refractivity contribution in [3.8, 4) is 17.2 Å². The monoisotopic (exact) mass is 335 g/mol. The number of hydrogen-bond donors (Lipinski definition) is 0. The largest absolute Gasteiger partial charge is 0.497 e. The summed E-state index contributed by atoms with van der Waals surface area (Å²) in [4.78, 5) is 2.15. The lowest BCUT2D eigenvalue weighted by Crippen LogP contribution is -2.10. The number of ether oxygens (including phenoxy) is 3. The zero-order valence-electron chi connectivity index (χ0n) is 14.6. The van der Waals surface area contributed by atoms with E-state index in [0.29, 0.717) is 0 Å². The smallest absolute Gasteiger partial charge is 0.120 e. The van der Waals surface area contributed by atoms with E-state index in [-0.39, 0.29) is 0 Å². The molecule has 3 aromatic rings. The van der Waals surface area contributed by atoms with E-state index in [2.05, 4.69) is 11.0 Å². The lowest BCUT2D eigenvalue weighted by Gasteiger charge is -2.26. The van der Waals surface area contributed by atoms with Crippen LogP contribution in [0.15, 0.2) is 72.8 Å². The van der Waals surface area contributed by atoms with Gasteiger partial charge in [-0.05, 0) is 60.7 Å². The lowest BCUT2D eigenvalue weighted by atomic mass is 10.2. The Morgan fingerprint density at radius 2 is 1.00 bits per heavy atom. The van der Waals surface area contributed by atoms with Crippen molar-refractivity contribution in [2.75, 3.05) is 26.2 Å². The van der Waals surface area contributed by atoms with Crippen molar-refractivity contribution in [2.24, 2.45) is 0 Å². The summed E-state index contributed by atoms with van der Waals surface area (Å²) in [6.45, 7) is 0. The molecule has 0 spiro atoms. The van der Waals surface area contributed by atoms with Crippen LogP contribution in [0.3, 0.4) is 0 Å². The van der Waals surface area contributed by atoms with Crippen molar-refractivity contribution >= 4 is 17.1 Å². The van der Waals surface area contributed by atoms with E-state index >= 15 is 0 Å². The fraction of sp³-hybridized carbons (Fsp3) is 0.143. The van der Waals surface area contributed by atoms with Gasteiger partial charge in [-0.15, -0.1) is 0 Å². The molecule has 0 aliphatic heterocycles. The highest BCUT2D eigenvalue weighted by molar-refractivity contribution is 5.77. The van der Waals surface area contributed by atoms with E-state index < -0.39 is 0 Å². The van der Waals surface area contributed by atoms with Crippen molar-refractivity contribution in [1.29, 1.82) is 0 Å². The summed E-state index contributed by atoms with van der Waals surface area (Å²) in [5, 5.41) is 0. The molecule has 0 amide bonds. The lowest BCUT2D eigenvalue weighted by molar-refractivity contribution is 0.414. The van der Waals surface area contributed by atoms with Gasteiger partial charge in [0.2, 0.25) is 0 Å². The van der Waals surface area contributed by atoms with E-state index in [1.165, 1.54) is 0 Å². The first-order valence-electron chi connectivity index (χ1n) is 7.97. The Morgan fingerprint density at radius 1 is 0.520 bits per heavy atom. The number of anilines is 3. The van der Waals surface area contributed by atoms with Crippen molar-refractivity contribution in [1.82, 2.24) is 0 Å². The minimum Gasteiger partial charge on any atom is -0.497 e. The molecule has 3 aromatic carbocycles. The molecule has 0 unspecified atom stereocenters. The predicted octanol–water partition coefficient (Wildman–Crippen LogP) is 5.18. The van der Waals surface area contributed by atoms with Gasteiger partial charge in [-0.1, -0.05) is 6.07 Å². The summed E-state index contributed by atoms with van der Waals surface area (Å²) >= 11 is 0. The Balaban J connectivity index is 2.08. The van der Waals surface area contributed by atoms with Crippen LogP contribution in [0.4, 0.5) is 17.1 Å². The maximum atomic E-state index is 5.38. The van der Waals surface area contributed by atoms with Crippen molar-refractivity contribution in [2.45, 2.75) is 0 Å². The predicted molar refractivity (Wildman–Crippen MR) is 101 cm³/mol. The van der Waals surface area contributed by atoms with E-state index in [9.17, 15) is 0 Å². The third kappa shape index (κ3) is 3.69. The molecular weight excluding hydrogens is 314 g/mol. The van der Waals surface area contributed by atoms with Gasteiger partial charge in [0, 0.05) is 23.1 Å². The summed E-state index contributed by atoms with van der Waals surface area (Å²) < 4.78 is 15.9. The van der Waals surface area contributed by atoms with Crippen molar-refractivity contribution in [3.63, 3.8) is 0 Å². The van der Waals surface area contributed by atoms with Gasteiger partial charge >= 0.3 is 0 Å². The maximum Gasteiger partial charge on any atom is 0.120 e. The summed E-state index contributed by atoms with van der Waals surface area (Å²) in [5.41, 5.74) is 3.06. The SMILES string of the molecule is COc1ccc(N(c2ccc(OC)cc2)c2cccc(OC)c2)cc1. The first-order valence-corrected chi connectivity index (χ1v) is 7.97. The molecule has 0 saturated heterocycles. The van der Waals surface area contributed by atoms with Crippen LogP contribution in [0.5, 0.6) is 17.2 Å². The second-order valence-electron chi connectivity index (χ2n) is 5.43. The molecule has 0 atom stereocenters. The summed E-state index contributed by atoms with van der Waals surface area (Å²) in [5.74, 6) is 2.46. The van der Waals surface area contributed by atoms with Crippen LogP contribution in [0, 0.1) is 0 Å². The number of benzene rings is 3. The molecule has 0 saturated carbocycles. The first kappa shape index (κ1) is 16.7. The fourth-order valence-corrected chi connectivity index (χ4v) is 2.66. The van der Waals surface area contributed by atoms with E-state index in [1.807, 2.05) is 66.7 Å². The molecule has 0 N–H and O–H groups in total. The summed E-state index contributed by atoms with van der Waals surface area (Å²) in [6.07, 6.45) is 0. The van der Waals surface area contributed by atoms with Gasteiger partial charge < -0.3 is 19.1 Å². The van der Waals surface area contributed by atoms with E-state index in [1.54, 1.807) is 21.3 Å². The Hall–Kier alpha value is -3.14. The number of nitrogens with zero attached hydrogens (tertiary/aromatic N) is 1. The minimum atomic E-state index is 0.810. The summed E-state index contributed by atoms with van der Waals surface area (Å²) in [7, 11) is 5.00. The Labute approximate surface area is 148 Å². The molecule has 0 aliphatic carbocycles. The van der Waals surface area contributed by atoms with Crippen LogP contribution < -0.4 is 19.1 Å². The van der Waals surface area contributed by atoms with Gasteiger partial charge in [0.25, 0.3) is 0 Å². The third-order valence-corrected chi connectivity index (χ3v) is 3.97. The summed E-state index contributed by atoms with van der Waals surface area (Å²) in [6, 6.07) is 23.9. The minimum absolute atomic E-state index is 0.810. The molecular formula is C21H21NO3. The highest BCUT2D eigenvalue weighted by Gasteiger charge is 2.13. The van der Waals surface area contributed by atoms with Gasteiger partial charge in [0.1, 0.15) is 17.2 Å². The van der Waals surface area contributed by atoms with Crippen molar-refractivity contribution in [3.05, 3.63) is 72.8 Å². The van der Waals surface area contributed by atoms with E-state index in [0.717, 1.165) is 34.3 Å². The maximum absolute atomic E-state index is 5.38. The average Bonchev–Trinajstić information content (AvgIpc) is 2.69. The quantitative estimate of drug-likeness (QED) is 0.621. The molecule has 4 heteroatoms. The molecule has 3 rings (SSSR count). The van der Waals surface area contributed by atoms with Crippen LogP contribution in [-0.4, -0.2) is 21.3 Å². The molecule has 0 aromatic heterocycles. The molecule has 0 bridgehead atoms. The van der Waals surface area contributed by atoms with Gasteiger partial charge in [0.05, 0.1) is 21.3 Å². The number of hydrogen-bond acceptors (Lipinski definition) is 4. The normalized spacial score (nSPS) is 10.2. The Kier molecular flexibility index (Phi) is 5.09. The standard InChI is InChI=1S/C21H21NO3/c1-23-19-11-7-16(8-12-19)22(17-9-13-20(24-2)14-10-17)18-5-4-6-21(15-18)25-3/h4-15H,1-3H3. The second kappa shape index (κ2) is 7.62. The van der Waals surface area contributed by atoms with Gasteiger partial charge in [0.15, 0.2) is 0 Å². The third-order valence-electron chi connectivity index (χ3n) is 3.97. The average molecular weight is 335 g/mol. The molecule has 0 radical (unpaired) electrons. The Morgan fingerprint density at radius 3 is 1.44 bits per heavy atom. The first-order chi connectivity index (χ1) is 12.2. The second-order valence-corrected chi connectivity index (χ2v) is 5.43. The fourth-order valence-electron chi connectivity index (χ4n) is 2.66. The van der Waals surface area contributed by atoms with E-state index in [4.69, 9.17) is 14.2 Å². The van der Waals surface area contributed by atoms with Crippen LogP contribution in [-0.2, 0) is 0 Å². The highest BCUT2D eigenvalue weighted by Crippen LogP contribution is 2.37. The Bertz CT molecular complexity index is 766. The molecule has 4 nitrogen and oxygen atoms in total. The molecule has 0 heterocycles. The number of methoxy groups -OCH3 is 3. The van der Waals surface area contributed by atoms with Crippen LogP contribution in [0.2, 0.25) is 0 Å². The van der Waals surface area contributed by atoms with Gasteiger partial charge in [-0.2, -0.15) is 0 Å². The van der Waals surface area contributed by atoms with Crippen molar-refractivity contribution < 1.29 is 14.2 Å². The molecule has 0 fully saturated rings. The zero-order valence-corrected chi connectivity index (χ0v) is 14.6. The topological polar surface area (TPSA) is 30.9 Å². The molecule has 25 heavy (non-hydrogen) atoms.